The summed E-state index contributed by atoms with van der Waals surface area (Å²) in [6.07, 6.45) is 1.94. The summed E-state index contributed by atoms with van der Waals surface area (Å²) in [4.78, 5) is 17.2. The molecule has 0 aliphatic carbocycles. The average Bonchev–Trinajstić information content (AvgIpc) is 3.09. The zero-order valence-corrected chi connectivity index (χ0v) is 15.0. The lowest BCUT2D eigenvalue weighted by Crippen LogP contribution is -2.11. The number of carbonyl (C=O) groups is 1. The summed E-state index contributed by atoms with van der Waals surface area (Å²) >= 11 is 0. The molecule has 0 unspecified atom stereocenters. The van der Waals surface area contributed by atoms with Gasteiger partial charge in [-0.2, -0.15) is 0 Å². The smallest absolute Gasteiger partial charge is 0.253 e. The third kappa shape index (κ3) is 2.47. The highest BCUT2D eigenvalue weighted by Crippen LogP contribution is 2.36. The van der Waals surface area contributed by atoms with Gasteiger partial charge >= 0.3 is 0 Å². The number of rotatable bonds is 3. The Kier molecular flexibility index (Phi) is 3.69. The summed E-state index contributed by atoms with van der Waals surface area (Å²) in [5.41, 5.74) is 12.4. The lowest BCUT2D eigenvalue weighted by Gasteiger charge is -2.09. The molecule has 4 heteroatoms. The molecule has 3 aromatic heterocycles. The molecule has 134 valence electrons. The number of nitrogens with zero attached hydrogens (tertiary/aromatic N) is 2. The van der Waals surface area contributed by atoms with E-state index >= 15 is 0 Å². The van der Waals surface area contributed by atoms with Crippen molar-refractivity contribution in [2.24, 2.45) is 5.73 Å². The standard InChI is InChI=1S/C24H17N3O/c25-24(28)21-20-13-7-8-14-27(20)23-18(16-9-3-1-4-10-16)15-19(26-22(21)23)17-11-5-2-6-12-17/h1-15H,(H2,25,28). The fourth-order valence-corrected chi connectivity index (χ4v) is 3.76. The fourth-order valence-electron chi connectivity index (χ4n) is 3.76. The topological polar surface area (TPSA) is 60.4 Å². The number of hydrogen-bond donors (Lipinski definition) is 1. The van der Waals surface area contributed by atoms with Gasteiger partial charge in [0.15, 0.2) is 0 Å². The first-order valence-electron chi connectivity index (χ1n) is 9.08. The number of pyridine rings is 2. The molecule has 5 rings (SSSR count). The minimum Gasteiger partial charge on any atom is -0.365 e. The van der Waals surface area contributed by atoms with Crippen molar-refractivity contribution in [3.8, 4) is 22.4 Å². The molecule has 2 N–H and O–H groups in total. The van der Waals surface area contributed by atoms with E-state index in [1.54, 1.807) is 0 Å². The van der Waals surface area contributed by atoms with Gasteiger partial charge < -0.3 is 10.1 Å². The number of fused-ring (bicyclic) bond motifs is 3. The van der Waals surface area contributed by atoms with Gasteiger partial charge in [-0.05, 0) is 23.8 Å². The van der Waals surface area contributed by atoms with Crippen LogP contribution in [0, 0.1) is 0 Å². The maximum atomic E-state index is 12.4. The van der Waals surface area contributed by atoms with Crippen molar-refractivity contribution in [1.82, 2.24) is 9.38 Å². The molecule has 0 fully saturated rings. The Morgan fingerprint density at radius 2 is 1.46 bits per heavy atom. The number of aromatic nitrogens is 2. The third-order valence-electron chi connectivity index (χ3n) is 4.99. The van der Waals surface area contributed by atoms with Crippen molar-refractivity contribution in [3.05, 3.63) is 96.7 Å². The van der Waals surface area contributed by atoms with Gasteiger partial charge in [0.05, 0.1) is 22.3 Å². The van der Waals surface area contributed by atoms with Crippen LogP contribution < -0.4 is 5.73 Å². The molecule has 3 heterocycles. The second-order valence-electron chi connectivity index (χ2n) is 6.68. The highest BCUT2D eigenvalue weighted by atomic mass is 16.1. The van der Waals surface area contributed by atoms with Gasteiger partial charge in [0.1, 0.15) is 5.52 Å². The quantitative estimate of drug-likeness (QED) is 0.494. The normalized spacial score (nSPS) is 11.1. The van der Waals surface area contributed by atoms with E-state index in [0.717, 1.165) is 33.4 Å². The van der Waals surface area contributed by atoms with Crippen molar-refractivity contribution in [2.45, 2.75) is 0 Å². The number of nitrogens with two attached hydrogens (primary N) is 1. The molecule has 0 bridgehead atoms. The number of benzene rings is 2. The van der Waals surface area contributed by atoms with Crippen LogP contribution in [0.15, 0.2) is 91.1 Å². The van der Waals surface area contributed by atoms with Crippen molar-refractivity contribution >= 4 is 22.5 Å². The maximum absolute atomic E-state index is 12.4. The van der Waals surface area contributed by atoms with Gasteiger partial charge in [0.2, 0.25) is 0 Å². The van der Waals surface area contributed by atoms with Gasteiger partial charge in [0, 0.05) is 17.3 Å². The Hall–Kier alpha value is -3.92. The predicted octanol–water partition coefficient (Wildman–Crippen LogP) is 4.92. The monoisotopic (exact) mass is 363 g/mol. The molecule has 0 saturated heterocycles. The van der Waals surface area contributed by atoms with Gasteiger partial charge in [-0.25, -0.2) is 4.98 Å². The second kappa shape index (κ2) is 6.35. The Morgan fingerprint density at radius 3 is 2.14 bits per heavy atom. The molecule has 0 aliphatic heterocycles. The Balaban J connectivity index is 1.98. The van der Waals surface area contributed by atoms with Crippen molar-refractivity contribution in [1.29, 1.82) is 0 Å². The first kappa shape index (κ1) is 16.3. The molecule has 0 aliphatic rings. The highest BCUT2D eigenvalue weighted by Gasteiger charge is 2.21. The van der Waals surface area contributed by atoms with Gasteiger partial charge in [0.25, 0.3) is 5.91 Å². The van der Waals surface area contributed by atoms with Crippen LogP contribution >= 0.6 is 0 Å². The predicted molar refractivity (Wildman–Crippen MR) is 112 cm³/mol. The van der Waals surface area contributed by atoms with Gasteiger partial charge in [-0.1, -0.05) is 66.7 Å². The first-order chi connectivity index (χ1) is 13.7. The zero-order valence-electron chi connectivity index (χ0n) is 15.0. The van der Waals surface area contributed by atoms with E-state index in [-0.39, 0.29) is 0 Å². The van der Waals surface area contributed by atoms with Crippen LogP contribution in [0.25, 0.3) is 38.9 Å². The summed E-state index contributed by atoms with van der Waals surface area (Å²) in [5, 5.41) is 0. The van der Waals surface area contributed by atoms with Crippen LogP contribution in [0.3, 0.4) is 0 Å². The fraction of sp³-hybridized carbons (Fsp3) is 0. The molecule has 28 heavy (non-hydrogen) atoms. The van der Waals surface area contributed by atoms with Crippen LogP contribution in [0.5, 0.6) is 0 Å². The summed E-state index contributed by atoms with van der Waals surface area (Å²) in [6, 6.07) is 27.9. The molecule has 0 spiro atoms. The zero-order chi connectivity index (χ0) is 19.1. The minimum absolute atomic E-state index is 0.450. The molecular weight excluding hydrogens is 346 g/mol. The first-order valence-corrected chi connectivity index (χ1v) is 9.08. The minimum atomic E-state index is -0.476. The van der Waals surface area contributed by atoms with E-state index in [2.05, 4.69) is 18.2 Å². The highest BCUT2D eigenvalue weighted by molar-refractivity contribution is 6.15. The third-order valence-corrected chi connectivity index (χ3v) is 4.99. The van der Waals surface area contributed by atoms with E-state index in [1.807, 2.05) is 77.3 Å². The van der Waals surface area contributed by atoms with Crippen LogP contribution in [-0.4, -0.2) is 15.3 Å². The van der Waals surface area contributed by atoms with E-state index in [9.17, 15) is 4.79 Å². The summed E-state index contributed by atoms with van der Waals surface area (Å²) in [7, 11) is 0. The molecule has 0 saturated carbocycles. The lowest BCUT2D eigenvalue weighted by molar-refractivity contribution is 0.100. The summed E-state index contributed by atoms with van der Waals surface area (Å²) in [6.45, 7) is 0. The number of primary amides is 1. The van der Waals surface area contributed by atoms with Gasteiger partial charge in [-0.15, -0.1) is 0 Å². The molecular formula is C24H17N3O. The lowest BCUT2D eigenvalue weighted by atomic mass is 10.0. The summed E-state index contributed by atoms with van der Waals surface area (Å²) < 4.78 is 2.00. The van der Waals surface area contributed by atoms with E-state index in [4.69, 9.17) is 10.7 Å². The van der Waals surface area contributed by atoms with Gasteiger partial charge in [-0.3, -0.25) is 4.79 Å². The maximum Gasteiger partial charge on any atom is 0.253 e. The Morgan fingerprint density at radius 1 is 0.821 bits per heavy atom. The summed E-state index contributed by atoms with van der Waals surface area (Å²) in [5.74, 6) is -0.476. The van der Waals surface area contributed by atoms with Crippen LogP contribution in [0.4, 0.5) is 0 Å². The van der Waals surface area contributed by atoms with Crippen molar-refractivity contribution < 1.29 is 4.79 Å². The van der Waals surface area contributed by atoms with E-state index in [1.165, 1.54) is 0 Å². The largest absolute Gasteiger partial charge is 0.365 e. The number of amides is 1. The van der Waals surface area contributed by atoms with Crippen LogP contribution in [0.2, 0.25) is 0 Å². The number of hydrogen-bond acceptors (Lipinski definition) is 2. The number of carbonyl (C=O) groups excluding carboxylic acids is 1. The molecule has 0 atom stereocenters. The molecule has 5 aromatic rings. The van der Waals surface area contributed by atoms with Crippen molar-refractivity contribution in [3.63, 3.8) is 0 Å². The molecule has 4 nitrogen and oxygen atoms in total. The molecule has 0 radical (unpaired) electrons. The molecule has 2 aromatic carbocycles. The average molecular weight is 363 g/mol. The van der Waals surface area contributed by atoms with E-state index in [0.29, 0.717) is 11.1 Å². The molecule has 1 amide bonds. The van der Waals surface area contributed by atoms with Crippen LogP contribution in [-0.2, 0) is 0 Å². The SMILES string of the molecule is NC(=O)c1c2nc(-c3ccccc3)cc(-c3ccccc3)c2n2ccccc12. The van der Waals surface area contributed by atoms with E-state index < -0.39 is 5.91 Å². The Labute approximate surface area is 161 Å². The van der Waals surface area contributed by atoms with Crippen molar-refractivity contribution in [2.75, 3.05) is 0 Å². The second-order valence-corrected chi connectivity index (χ2v) is 6.68. The Bertz CT molecular complexity index is 1320. The van der Waals surface area contributed by atoms with Crippen LogP contribution in [0.1, 0.15) is 10.4 Å².